The van der Waals surface area contributed by atoms with Gasteiger partial charge in [0.1, 0.15) is 0 Å². The van der Waals surface area contributed by atoms with E-state index >= 15 is 0 Å². The Balaban J connectivity index is -0.00000000800. The molecule has 0 aliphatic heterocycles. The van der Waals surface area contributed by atoms with E-state index in [0.29, 0.717) is 0 Å². The van der Waals surface area contributed by atoms with E-state index < -0.39 is 14.5 Å². The van der Waals surface area contributed by atoms with Crippen LogP contribution in [0.4, 0.5) is 0 Å². The monoisotopic (exact) mass is 232 g/mol. The van der Waals surface area contributed by atoms with E-state index in [2.05, 4.69) is 0 Å². The zero-order valence-corrected chi connectivity index (χ0v) is 16.0. The molecule has 0 atom stereocenters. The Morgan fingerprint density at radius 3 is 0.889 bits per heavy atom. The topological polar surface area (TPSA) is 86.2 Å². The molecule has 9 heavy (non-hydrogen) atoms. The Kier molecular flexibility index (Phi) is 47.9. The fourth-order valence-electron chi connectivity index (χ4n) is 0. The smallest absolute Gasteiger partial charge is 1.00 e. The minimum absolute atomic E-state index is 0. The zero-order chi connectivity index (χ0) is 4.50. The van der Waals surface area contributed by atoms with Crippen LogP contribution in [0, 0.1) is 0 Å². The van der Waals surface area contributed by atoms with Crippen molar-refractivity contribution in [3.63, 3.8) is 0 Å². The van der Waals surface area contributed by atoms with Crippen LogP contribution in [0.25, 0.3) is 0 Å². The fourth-order valence-corrected chi connectivity index (χ4v) is 0. The summed E-state index contributed by atoms with van der Waals surface area (Å²) in [5.41, 5.74) is 0. The molecule has 0 saturated heterocycles. The average molecular weight is 232 g/mol. The second-order valence-corrected chi connectivity index (χ2v) is 2.32. The van der Waals surface area contributed by atoms with Gasteiger partial charge in [0, 0.05) is 0 Å². The van der Waals surface area contributed by atoms with Crippen LogP contribution < -0.4 is 131 Å². The number of rotatable bonds is 0. The molecule has 0 aromatic rings. The summed E-state index contributed by atoms with van der Waals surface area (Å²) in [5, 5.41) is 0. The van der Waals surface area contributed by atoms with Crippen LogP contribution in [0.15, 0.2) is 0 Å². The van der Waals surface area contributed by atoms with Gasteiger partial charge in [0.25, 0.3) is 0 Å². The molecule has 0 fully saturated rings. The first-order valence-corrected chi connectivity index (χ1v) is 3.79. The molecule has 0 aromatic heterocycles. The maximum atomic E-state index is 8.61. The first kappa shape index (κ1) is 29.2. The average Bonchev–Trinajstić information content (AvgIpc) is 0.722. The van der Waals surface area contributed by atoms with Gasteiger partial charge in [-0.15, -0.1) is 0 Å². The van der Waals surface area contributed by atoms with Crippen molar-refractivity contribution in [2.24, 2.45) is 0 Å². The van der Waals surface area contributed by atoms with Crippen LogP contribution in [0.2, 0.25) is 0 Å². The van der Waals surface area contributed by atoms with Crippen molar-refractivity contribution in [2.75, 3.05) is 0 Å². The predicted molar refractivity (Wildman–Crippen MR) is 7.55 cm³/mol. The Hall–Kier alpha value is 4.24. The minimum Gasteiger partial charge on any atom is -1.00 e. The van der Waals surface area contributed by atoms with Gasteiger partial charge in [-0.1, -0.05) is 0 Å². The molecule has 0 aromatic carbocycles. The molecule has 0 aliphatic carbocycles. The van der Waals surface area contributed by atoms with Gasteiger partial charge in [0.2, 0.25) is 0 Å². The molecule has 0 amide bonds. The second-order valence-electron chi connectivity index (χ2n) is 0.447. The summed E-state index contributed by atoms with van der Waals surface area (Å²) in [6.07, 6.45) is 0. The fraction of sp³-hybridized carbons (Fsp3) is 0. The van der Waals surface area contributed by atoms with Gasteiger partial charge in [-0.2, -0.15) is 0 Å². The Morgan fingerprint density at radius 1 is 0.889 bits per heavy atom. The summed E-state index contributed by atoms with van der Waals surface area (Å²) in [6, 6.07) is 0. The Bertz CT molecular complexity index is 63.4. The van der Waals surface area contributed by atoms with Gasteiger partial charge >= 0.3 is 149 Å². The molecule has 34 valence electrons. The molecule has 0 radical (unpaired) electrons. The summed E-state index contributed by atoms with van der Waals surface area (Å²) in [4.78, 5) is 0. The third-order valence-corrected chi connectivity index (χ3v) is 0. The number of hydrogen-bond donors (Lipinski definition) is 0. The molecule has 0 bridgehead atoms. The third kappa shape index (κ3) is 71.4. The minimum atomic E-state index is -5.88. The van der Waals surface area contributed by atoms with Crippen LogP contribution in [0.1, 0.15) is 1.43 Å². The van der Waals surface area contributed by atoms with E-state index in [-0.39, 0.29) is 120 Å². The van der Waals surface area contributed by atoms with Crippen LogP contribution in [0.5, 0.6) is 0 Å². The van der Waals surface area contributed by atoms with Gasteiger partial charge in [-0.05, 0) is 0 Å². The van der Waals surface area contributed by atoms with Gasteiger partial charge in [-0.25, -0.2) is 0 Å². The van der Waals surface area contributed by atoms with Crippen LogP contribution in [0.3, 0.4) is 0 Å². The maximum absolute atomic E-state index is 8.61. The molecule has 0 saturated carbocycles. The van der Waals surface area contributed by atoms with Gasteiger partial charge in [0.15, 0.2) is 0 Å². The molecular weight excluding hydrogens is 231 g/mol. The molecule has 0 aliphatic rings. The molecule has 9 heteroatoms. The standard InChI is InChI=1S/AsH3O4.4Na.H/c2-1(3,4)5;;;;;/h(H3,2,3,4,5);;;;;/q;4*+1;-1/p-3. The Morgan fingerprint density at radius 2 is 0.889 bits per heavy atom. The summed E-state index contributed by atoms with van der Waals surface area (Å²) >= 11 is -5.88. The molecule has 4 nitrogen and oxygen atoms in total. The van der Waals surface area contributed by atoms with E-state index in [1.165, 1.54) is 0 Å². The van der Waals surface area contributed by atoms with Crippen molar-refractivity contribution in [2.45, 2.75) is 0 Å². The third-order valence-electron chi connectivity index (χ3n) is 0. The first-order valence-electron chi connectivity index (χ1n) is 0.730. The van der Waals surface area contributed by atoms with Gasteiger partial charge in [0.05, 0.1) is 0 Å². The van der Waals surface area contributed by atoms with E-state index in [1.54, 1.807) is 0 Å². The maximum Gasteiger partial charge on any atom is 1.00 e. The number of hydrogen-bond acceptors (Lipinski definition) is 4. The Labute approximate surface area is 147 Å². The predicted octanol–water partition coefficient (Wildman–Crippen LogP) is -15.9. The van der Waals surface area contributed by atoms with Crippen molar-refractivity contribution in [3.8, 4) is 0 Å². The van der Waals surface area contributed by atoms with Crippen molar-refractivity contribution >= 4 is 14.5 Å². The quantitative estimate of drug-likeness (QED) is 0.388. The molecule has 0 rings (SSSR count). The van der Waals surface area contributed by atoms with E-state index in [4.69, 9.17) is 16.0 Å². The van der Waals surface area contributed by atoms with Crippen LogP contribution in [-0.4, -0.2) is 14.5 Å². The largest absolute Gasteiger partial charge is 1.00 e. The molecule has 0 N–H and O–H groups in total. The molecule has 0 heterocycles. The van der Waals surface area contributed by atoms with Gasteiger partial charge < -0.3 is 1.43 Å². The van der Waals surface area contributed by atoms with Crippen LogP contribution >= 0.6 is 0 Å². The first-order chi connectivity index (χ1) is 2.00. The second kappa shape index (κ2) is 14.7. The summed E-state index contributed by atoms with van der Waals surface area (Å²) < 4.78 is 34.4. The van der Waals surface area contributed by atoms with Gasteiger partial charge in [-0.3, -0.25) is 0 Å². The van der Waals surface area contributed by atoms with Crippen molar-refractivity contribution < 1.29 is 136 Å². The molecular formula is HAsNa4O4. The van der Waals surface area contributed by atoms with E-state index in [0.717, 1.165) is 0 Å². The van der Waals surface area contributed by atoms with Crippen molar-refractivity contribution in [1.29, 1.82) is 0 Å². The summed E-state index contributed by atoms with van der Waals surface area (Å²) in [5.74, 6) is 0. The SMILES string of the molecule is O=[As]([O-])([O-])[O-].[H-].[Na+].[Na+].[Na+].[Na+]. The van der Waals surface area contributed by atoms with Crippen molar-refractivity contribution in [1.82, 2.24) is 0 Å². The summed E-state index contributed by atoms with van der Waals surface area (Å²) in [6.45, 7) is 0. The normalized spacial score (nSPS) is 6.56. The van der Waals surface area contributed by atoms with Crippen molar-refractivity contribution in [3.05, 3.63) is 0 Å². The zero-order valence-electron chi connectivity index (χ0n) is 7.08. The van der Waals surface area contributed by atoms with E-state index in [1.807, 2.05) is 0 Å². The van der Waals surface area contributed by atoms with E-state index in [9.17, 15) is 0 Å². The summed E-state index contributed by atoms with van der Waals surface area (Å²) in [7, 11) is 0. The van der Waals surface area contributed by atoms with Crippen LogP contribution in [-0.2, 0) is 3.74 Å². The molecule has 0 unspecified atom stereocenters. The molecule has 0 spiro atoms.